The molecule has 10 nitrogen and oxygen atoms in total. The Balaban J connectivity index is 1.21. The number of para-hydroxylation sites is 1. The topological polar surface area (TPSA) is 104 Å². The highest BCUT2D eigenvalue weighted by Gasteiger charge is 2.37. The monoisotopic (exact) mass is 673 g/mol. The molecule has 1 aliphatic rings. The summed E-state index contributed by atoms with van der Waals surface area (Å²) in [5, 5.41) is 8.29. The highest BCUT2D eigenvalue weighted by molar-refractivity contribution is 5.78. The first-order valence-corrected chi connectivity index (χ1v) is 17.2. The highest BCUT2D eigenvalue weighted by atomic mass is 16.6. The maximum atomic E-state index is 13.5. The lowest BCUT2D eigenvalue weighted by Crippen LogP contribution is -2.49. The number of hydrogen-bond donors (Lipinski definition) is 1. The number of likely N-dealkylation sites (tertiary alicyclic amines) is 1. The Morgan fingerprint density at radius 2 is 1.82 bits per heavy atom. The van der Waals surface area contributed by atoms with Crippen molar-refractivity contribution in [2.45, 2.75) is 83.3 Å². The number of ether oxygens (including phenoxy) is 6. The smallest absolute Gasteiger partial charge is 0.412 e. The molecule has 0 spiro atoms. The predicted molar refractivity (Wildman–Crippen MR) is 189 cm³/mol. The average molecular weight is 674 g/mol. The van der Waals surface area contributed by atoms with E-state index in [-0.39, 0.29) is 18.1 Å². The van der Waals surface area contributed by atoms with Crippen molar-refractivity contribution in [2.24, 2.45) is 0 Å². The molecule has 4 aromatic rings. The second-order valence-corrected chi connectivity index (χ2v) is 13.5. The van der Waals surface area contributed by atoms with E-state index in [1.807, 2.05) is 63.4 Å². The molecule has 2 heterocycles. The molecule has 0 saturated carbocycles. The zero-order valence-electron chi connectivity index (χ0n) is 29.5. The van der Waals surface area contributed by atoms with E-state index < -0.39 is 11.8 Å². The Bertz CT molecular complexity index is 1600. The summed E-state index contributed by atoms with van der Waals surface area (Å²) in [6, 6.07) is 22.4. The van der Waals surface area contributed by atoms with Crippen molar-refractivity contribution in [2.75, 3.05) is 40.6 Å². The third kappa shape index (κ3) is 10.4. The van der Waals surface area contributed by atoms with Gasteiger partial charge >= 0.3 is 6.09 Å². The maximum absolute atomic E-state index is 13.5. The number of aromatic nitrogens is 2. The molecule has 1 amide bonds. The van der Waals surface area contributed by atoms with Crippen LogP contribution >= 0.6 is 0 Å². The van der Waals surface area contributed by atoms with Crippen molar-refractivity contribution < 1.29 is 33.2 Å². The molecule has 1 saturated heterocycles. The quantitative estimate of drug-likeness (QED) is 0.119. The summed E-state index contributed by atoms with van der Waals surface area (Å²) in [5.74, 6) is 1.86. The molecule has 0 bridgehead atoms. The lowest BCUT2D eigenvalue weighted by atomic mass is 9.88. The van der Waals surface area contributed by atoms with Crippen molar-refractivity contribution in [3.05, 3.63) is 89.6 Å². The Morgan fingerprint density at radius 1 is 1.00 bits per heavy atom. The first-order valence-electron chi connectivity index (χ1n) is 17.2. The summed E-state index contributed by atoms with van der Waals surface area (Å²) in [7, 11) is 3.38. The molecule has 10 heteroatoms. The van der Waals surface area contributed by atoms with Crippen LogP contribution in [0.4, 0.5) is 4.79 Å². The van der Waals surface area contributed by atoms with E-state index in [0.29, 0.717) is 39.4 Å². The summed E-state index contributed by atoms with van der Waals surface area (Å²) in [6.07, 6.45) is 4.54. The standard InChI is InChI=1S/C39H51N3O7/c1-39(2,3)49-38(43)42-20-19-29(25-37(42)48-36(12-8-21-44-4)30-13-14-31-26-40-41-34(31)24-30)28-15-17-33(18-16-28)47-23-9-22-46-27-32-10-6-7-11-35(32)45-5/h6-7,10-11,13-18,24,26,29,36-37H,8-9,12,19-23,25,27H2,1-5H3,(H,40,41). The van der Waals surface area contributed by atoms with Gasteiger partial charge in [-0.2, -0.15) is 5.10 Å². The molecule has 5 rings (SSSR count). The molecule has 3 aromatic carbocycles. The van der Waals surface area contributed by atoms with Crippen LogP contribution in [0.3, 0.4) is 0 Å². The van der Waals surface area contributed by atoms with Gasteiger partial charge in [-0.25, -0.2) is 4.79 Å². The van der Waals surface area contributed by atoms with E-state index in [4.69, 9.17) is 28.4 Å². The average Bonchev–Trinajstić information content (AvgIpc) is 3.57. The normalized spacial score (nSPS) is 17.2. The van der Waals surface area contributed by atoms with Crippen LogP contribution in [-0.2, 0) is 25.6 Å². The Hall–Kier alpha value is -4.12. The maximum Gasteiger partial charge on any atom is 0.412 e. The van der Waals surface area contributed by atoms with Crippen molar-refractivity contribution in [3.8, 4) is 11.5 Å². The van der Waals surface area contributed by atoms with Gasteiger partial charge in [-0.3, -0.25) is 10.00 Å². The molecular formula is C39H51N3O7. The number of H-pyrrole nitrogens is 1. The van der Waals surface area contributed by atoms with E-state index in [9.17, 15) is 4.79 Å². The van der Waals surface area contributed by atoms with Gasteiger partial charge in [-0.1, -0.05) is 42.5 Å². The molecule has 1 aromatic heterocycles. The first-order chi connectivity index (χ1) is 23.7. The van der Waals surface area contributed by atoms with Gasteiger partial charge in [0, 0.05) is 37.6 Å². The second-order valence-electron chi connectivity index (χ2n) is 13.5. The first kappa shape index (κ1) is 36.2. The molecular weight excluding hydrogens is 622 g/mol. The highest BCUT2D eigenvalue weighted by Crippen LogP contribution is 2.37. The van der Waals surface area contributed by atoms with Gasteiger partial charge in [0.15, 0.2) is 0 Å². The van der Waals surface area contributed by atoms with Crippen LogP contribution in [0.1, 0.15) is 81.6 Å². The van der Waals surface area contributed by atoms with E-state index in [2.05, 4.69) is 40.5 Å². The largest absolute Gasteiger partial charge is 0.496 e. The fraction of sp³-hybridized carbons (Fsp3) is 0.487. The van der Waals surface area contributed by atoms with Gasteiger partial charge < -0.3 is 28.4 Å². The van der Waals surface area contributed by atoms with Gasteiger partial charge in [-0.15, -0.1) is 0 Å². The number of piperidine rings is 1. The summed E-state index contributed by atoms with van der Waals surface area (Å²) in [5.41, 5.74) is 3.60. The lowest BCUT2D eigenvalue weighted by molar-refractivity contribution is -0.122. The van der Waals surface area contributed by atoms with Crippen molar-refractivity contribution in [3.63, 3.8) is 0 Å². The number of aromatic amines is 1. The Morgan fingerprint density at radius 3 is 2.59 bits per heavy atom. The Labute approximate surface area is 290 Å². The van der Waals surface area contributed by atoms with E-state index in [1.54, 1.807) is 19.1 Å². The Kier molecular flexibility index (Phi) is 12.9. The predicted octanol–water partition coefficient (Wildman–Crippen LogP) is 8.18. The minimum absolute atomic E-state index is 0.204. The molecule has 1 aliphatic heterocycles. The number of carbonyl (C=O) groups is 1. The number of nitrogens with zero attached hydrogens (tertiary/aromatic N) is 2. The number of benzene rings is 3. The summed E-state index contributed by atoms with van der Waals surface area (Å²) < 4.78 is 35.3. The molecule has 0 radical (unpaired) electrons. The third-order valence-corrected chi connectivity index (χ3v) is 8.66. The second kappa shape index (κ2) is 17.5. The number of nitrogens with one attached hydrogen (secondary N) is 1. The van der Waals surface area contributed by atoms with Gasteiger partial charge in [0.1, 0.15) is 23.3 Å². The molecule has 264 valence electrons. The fourth-order valence-corrected chi connectivity index (χ4v) is 6.15. The van der Waals surface area contributed by atoms with Gasteiger partial charge in [0.05, 0.1) is 44.7 Å². The molecule has 1 N–H and O–H groups in total. The third-order valence-electron chi connectivity index (χ3n) is 8.66. The number of rotatable bonds is 16. The van der Waals surface area contributed by atoms with Gasteiger partial charge in [0.2, 0.25) is 0 Å². The number of hydrogen-bond acceptors (Lipinski definition) is 8. The summed E-state index contributed by atoms with van der Waals surface area (Å²) in [6.45, 7) is 8.48. The minimum Gasteiger partial charge on any atom is -0.496 e. The van der Waals surface area contributed by atoms with Crippen molar-refractivity contribution in [1.29, 1.82) is 0 Å². The van der Waals surface area contributed by atoms with Crippen LogP contribution in [0.2, 0.25) is 0 Å². The van der Waals surface area contributed by atoms with Crippen LogP contribution in [0.5, 0.6) is 11.5 Å². The van der Waals surface area contributed by atoms with Crippen molar-refractivity contribution in [1.82, 2.24) is 15.1 Å². The minimum atomic E-state index is -0.612. The zero-order chi connectivity index (χ0) is 34.6. The van der Waals surface area contributed by atoms with Crippen LogP contribution < -0.4 is 9.47 Å². The molecule has 3 unspecified atom stereocenters. The number of fused-ring (bicyclic) bond motifs is 1. The SMILES string of the molecule is COCCCC(OC1CC(c2ccc(OCCCOCc3ccccc3OC)cc2)CCN1C(=O)OC(C)(C)C)c1ccc2cn[nH]c2c1. The van der Waals surface area contributed by atoms with Gasteiger partial charge in [-0.05, 0) is 87.8 Å². The number of methoxy groups -OCH3 is 2. The van der Waals surface area contributed by atoms with Crippen LogP contribution in [-0.4, -0.2) is 73.6 Å². The fourth-order valence-electron chi connectivity index (χ4n) is 6.15. The van der Waals surface area contributed by atoms with E-state index in [1.165, 1.54) is 5.56 Å². The molecule has 0 aliphatic carbocycles. The molecule has 1 fully saturated rings. The van der Waals surface area contributed by atoms with E-state index >= 15 is 0 Å². The summed E-state index contributed by atoms with van der Waals surface area (Å²) >= 11 is 0. The molecule has 49 heavy (non-hydrogen) atoms. The summed E-state index contributed by atoms with van der Waals surface area (Å²) in [4.78, 5) is 15.2. The van der Waals surface area contributed by atoms with Crippen LogP contribution in [0, 0.1) is 0 Å². The number of amides is 1. The van der Waals surface area contributed by atoms with Gasteiger partial charge in [0.25, 0.3) is 0 Å². The van der Waals surface area contributed by atoms with Crippen LogP contribution in [0.15, 0.2) is 72.9 Å². The van der Waals surface area contributed by atoms with Crippen LogP contribution in [0.25, 0.3) is 10.9 Å². The zero-order valence-corrected chi connectivity index (χ0v) is 29.5. The number of carbonyl (C=O) groups excluding carboxylic acids is 1. The molecule has 3 atom stereocenters. The van der Waals surface area contributed by atoms with Crippen molar-refractivity contribution >= 4 is 17.0 Å². The lowest BCUT2D eigenvalue weighted by Gasteiger charge is -2.41. The van der Waals surface area contributed by atoms with E-state index in [0.717, 1.165) is 59.2 Å².